The van der Waals surface area contributed by atoms with Crippen LogP contribution in [0.3, 0.4) is 0 Å². The van der Waals surface area contributed by atoms with Gasteiger partial charge in [0, 0.05) is 46.2 Å². The molecule has 1 atom stereocenters. The Kier molecular flexibility index (Phi) is 4.30. The number of H-pyrrole nitrogens is 1. The molecule has 0 spiro atoms. The molecular weight excluding hydrogens is 340 g/mol. The largest absolute Gasteiger partial charge is 0.373 e. The highest BCUT2D eigenvalue weighted by molar-refractivity contribution is 5.86. The summed E-state index contributed by atoms with van der Waals surface area (Å²) in [6, 6.07) is 20.1. The first kappa shape index (κ1) is 16.8. The third kappa shape index (κ3) is 3.25. The van der Waals surface area contributed by atoms with Crippen LogP contribution in [0.1, 0.15) is 23.0 Å². The average Bonchev–Trinajstić information content (AvgIpc) is 3.02. The fourth-order valence-corrected chi connectivity index (χ4v) is 3.39. The molecule has 0 aliphatic heterocycles. The standard InChI is InChI=1S/C21H18N4O2/c1-14-20(17-9-2-3-10-18(17)23-14)21(19-11-4-5-12-22-19)24-15-7-6-8-16(13-15)25(26)27/h2-13,21,23-24H,1H3/t21-/m0/s1. The Labute approximate surface area is 156 Å². The molecule has 2 heterocycles. The Morgan fingerprint density at radius 3 is 2.67 bits per heavy atom. The summed E-state index contributed by atoms with van der Waals surface area (Å²) in [6.45, 7) is 2.03. The molecule has 4 rings (SSSR count). The molecule has 0 radical (unpaired) electrons. The van der Waals surface area contributed by atoms with E-state index in [-0.39, 0.29) is 11.7 Å². The molecule has 6 heteroatoms. The maximum absolute atomic E-state index is 11.1. The summed E-state index contributed by atoms with van der Waals surface area (Å²) in [6.07, 6.45) is 1.75. The summed E-state index contributed by atoms with van der Waals surface area (Å²) in [4.78, 5) is 18.7. The van der Waals surface area contributed by atoms with Crippen LogP contribution in [0.4, 0.5) is 11.4 Å². The molecule has 0 fully saturated rings. The Bertz CT molecular complexity index is 1110. The van der Waals surface area contributed by atoms with Crippen molar-refractivity contribution in [2.75, 3.05) is 5.32 Å². The van der Waals surface area contributed by atoms with Gasteiger partial charge < -0.3 is 10.3 Å². The van der Waals surface area contributed by atoms with E-state index >= 15 is 0 Å². The monoisotopic (exact) mass is 358 g/mol. The summed E-state index contributed by atoms with van der Waals surface area (Å²) in [7, 11) is 0. The highest BCUT2D eigenvalue weighted by Gasteiger charge is 2.22. The number of nitrogens with one attached hydrogen (secondary N) is 2. The first-order chi connectivity index (χ1) is 13.1. The molecule has 0 aliphatic carbocycles. The van der Waals surface area contributed by atoms with Gasteiger partial charge in [-0.1, -0.05) is 30.3 Å². The number of rotatable bonds is 5. The van der Waals surface area contributed by atoms with Crippen molar-refractivity contribution in [1.82, 2.24) is 9.97 Å². The SMILES string of the molecule is Cc1[nH]c2ccccc2c1[C@@H](Nc1cccc([N+](=O)[O-])c1)c1ccccn1. The molecule has 27 heavy (non-hydrogen) atoms. The number of aromatic nitrogens is 2. The van der Waals surface area contributed by atoms with Gasteiger partial charge in [-0.3, -0.25) is 15.1 Å². The number of anilines is 1. The number of benzene rings is 2. The number of aryl methyl sites for hydroxylation is 1. The zero-order valence-electron chi connectivity index (χ0n) is 14.7. The lowest BCUT2D eigenvalue weighted by Crippen LogP contribution is -2.14. The van der Waals surface area contributed by atoms with Crippen LogP contribution in [-0.4, -0.2) is 14.9 Å². The maximum Gasteiger partial charge on any atom is 0.271 e. The predicted molar refractivity (Wildman–Crippen MR) is 106 cm³/mol. The third-order valence-corrected chi connectivity index (χ3v) is 4.58. The number of para-hydroxylation sites is 1. The Morgan fingerprint density at radius 1 is 1.07 bits per heavy atom. The molecule has 0 amide bonds. The average molecular weight is 358 g/mol. The fourth-order valence-electron chi connectivity index (χ4n) is 3.39. The molecule has 134 valence electrons. The fraction of sp³-hybridized carbons (Fsp3) is 0.0952. The van der Waals surface area contributed by atoms with E-state index in [1.54, 1.807) is 18.3 Å². The lowest BCUT2D eigenvalue weighted by Gasteiger charge is -2.20. The van der Waals surface area contributed by atoms with E-state index in [4.69, 9.17) is 0 Å². The number of nitro groups is 1. The van der Waals surface area contributed by atoms with Crippen LogP contribution in [0.2, 0.25) is 0 Å². The lowest BCUT2D eigenvalue weighted by atomic mass is 9.99. The van der Waals surface area contributed by atoms with Crippen LogP contribution in [0, 0.1) is 17.0 Å². The van der Waals surface area contributed by atoms with Crippen LogP contribution >= 0.6 is 0 Å². The van der Waals surface area contributed by atoms with Crippen molar-refractivity contribution in [3.63, 3.8) is 0 Å². The first-order valence-electron chi connectivity index (χ1n) is 8.62. The highest BCUT2D eigenvalue weighted by atomic mass is 16.6. The number of aromatic amines is 1. The smallest absolute Gasteiger partial charge is 0.271 e. The van der Waals surface area contributed by atoms with Gasteiger partial charge in [-0.25, -0.2) is 0 Å². The Morgan fingerprint density at radius 2 is 1.89 bits per heavy atom. The number of pyridine rings is 1. The van der Waals surface area contributed by atoms with Crippen molar-refractivity contribution in [3.8, 4) is 0 Å². The third-order valence-electron chi connectivity index (χ3n) is 4.58. The second-order valence-corrected chi connectivity index (χ2v) is 6.35. The molecule has 2 aromatic heterocycles. The van der Waals surface area contributed by atoms with E-state index in [1.807, 2.05) is 49.4 Å². The molecule has 0 saturated carbocycles. The van der Waals surface area contributed by atoms with Crippen molar-refractivity contribution in [1.29, 1.82) is 0 Å². The minimum Gasteiger partial charge on any atom is -0.373 e. The van der Waals surface area contributed by atoms with Gasteiger partial charge in [0.2, 0.25) is 0 Å². The predicted octanol–water partition coefficient (Wildman–Crippen LogP) is 4.98. The topological polar surface area (TPSA) is 83.8 Å². The summed E-state index contributed by atoms with van der Waals surface area (Å²) >= 11 is 0. The minimum absolute atomic E-state index is 0.0513. The normalized spacial score (nSPS) is 12.0. The van der Waals surface area contributed by atoms with Crippen LogP contribution < -0.4 is 5.32 Å². The zero-order valence-corrected chi connectivity index (χ0v) is 14.7. The molecule has 2 N–H and O–H groups in total. The van der Waals surface area contributed by atoms with Gasteiger partial charge in [0.05, 0.1) is 16.7 Å². The molecule has 2 aromatic carbocycles. The molecule has 0 aliphatic rings. The highest BCUT2D eigenvalue weighted by Crippen LogP contribution is 2.34. The van der Waals surface area contributed by atoms with E-state index in [1.165, 1.54) is 6.07 Å². The number of nitro benzene ring substituents is 1. The summed E-state index contributed by atoms with van der Waals surface area (Å²) < 4.78 is 0. The molecule has 0 unspecified atom stereocenters. The molecular formula is C21H18N4O2. The second kappa shape index (κ2) is 6.92. The molecule has 6 nitrogen and oxygen atoms in total. The first-order valence-corrected chi connectivity index (χ1v) is 8.62. The van der Waals surface area contributed by atoms with Crippen molar-refractivity contribution in [2.45, 2.75) is 13.0 Å². The van der Waals surface area contributed by atoms with Gasteiger partial charge in [-0.05, 0) is 31.2 Å². The summed E-state index contributed by atoms with van der Waals surface area (Å²) in [5.74, 6) is 0. The van der Waals surface area contributed by atoms with Crippen LogP contribution in [0.5, 0.6) is 0 Å². The van der Waals surface area contributed by atoms with Crippen molar-refractivity contribution in [3.05, 3.63) is 100.0 Å². The van der Waals surface area contributed by atoms with Gasteiger partial charge >= 0.3 is 0 Å². The van der Waals surface area contributed by atoms with Crippen LogP contribution in [-0.2, 0) is 0 Å². The molecule has 0 bridgehead atoms. The van der Waals surface area contributed by atoms with Gasteiger partial charge in [0.25, 0.3) is 5.69 Å². The number of non-ortho nitro benzene ring substituents is 1. The number of nitrogens with zero attached hydrogens (tertiary/aromatic N) is 2. The van der Waals surface area contributed by atoms with Gasteiger partial charge in [0.1, 0.15) is 0 Å². The quantitative estimate of drug-likeness (QED) is 0.389. The van der Waals surface area contributed by atoms with Crippen LogP contribution in [0.25, 0.3) is 10.9 Å². The Balaban J connectivity index is 1.84. The second-order valence-electron chi connectivity index (χ2n) is 6.35. The zero-order chi connectivity index (χ0) is 18.8. The minimum atomic E-state index is -0.391. The van der Waals surface area contributed by atoms with E-state index in [0.717, 1.165) is 27.9 Å². The summed E-state index contributed by atoms with van der Waals surface area (Å²) in [5, 5.41) is 15.7. The van der Waals surface area contributed by atoms with E-state index in [2.05, 4.69) is 21.4 Å². The van der Waals surface area contributed by atoms with Gasteiger partial charge in [0.15, 0.2) is 0 Å². The van der Waals surface area contributed by atoms with E-state index < -0.39 is 4.92 Å². The van der Waals surface area contributed by atoms with Crippen LogP contribution in [0.15, 0.2) is 72.9 Å². The number of hydrogen-bond donors (Lipinski definition) is 2. The lowest BCUT2D eigenvalue weighted by molar-refractivity contribution is -0.384. The van der Waals surface area contributed by atoms with Crippen molar-refractivity contribution < 1.29 is 4.92 Å². The molecule has 0 saturated heterocycles. The van der Waals surface area contributed by atoms with Gasteiger partial charge in [-0.15, -0.1) is 0 Å². The van der Waals surface area contributed by atoms with E-state index in [0.29, 0.717) is 5.69 Å². The van der Waals surface area contributed by atoms with Gasteiger partial charge in [-0.2, -0.15) is 0 Å². The Hall–Kier alpha value is -3.67. The number of hydrogen-bond acceptors (Lipinski definition) is 4. The maximum atomic E-state index is 11.1. The number of fused-ring (bicyclic) bond motifs is 1. The van der Waals surface area contributed by atoms with Crippen molar-refractivity contribution in [2.24, 2.45) is 0 Å². The van der Waals surface area contributed by atoms with Crippen molar-refractivity contribution >= 4 is 22.3 Å². The van der Waals surface area contributed by atoms with E-state index in [9.17, 15) is 10.1 Å². The molecule has 4 aromatic rings. The summed E-state index contributed by atoms with van der Waals surface area (Å²) in [5.41, 5.74) is 4.73.